The lowest BCUT2D eigenvalue weighted by atomic mass is 9.94. The second kappa shape index (κ2) is 6.87. The summed E-state index contributed by atoms with van der Waals surface area (Å²) in [6, 6.07) is -0.881. The van der Waals surface area contributed by atoms with Crippen molar-refractivity contribution in [3.8, 4) is 0 Å². The minimum atomic E-state index is -4.87. The first-order valence-corrected chi connectivity index (χ1v) is 7.35. The van der Waals surface area contributed by atoms with Crippen molar-refractivity contribution >= 4 is 16.9 Å². The van der Waals surface area contributed by atoms with Crippen LogP contribution < -0.4 is 5.32 Å². The average Bonchev–Trinajstić information content (AvgIpc) is 2.86. The second-order valence-corrected chi connectivity index (χ2v) is 5.85. The van der Waals surface area contributed by atoms with Gasteiger partial charge in [-0.05, 0) is 0 Å². The molecule has 0 aromatic rings. The number of hydrogen-bond donors (Lipinski definition) is 3. The summed E-state index contributed by atoms with van der Waals surface area (Å²) < 4.78 is 61.0. The number of aliphatic hydroxyl groups is 2. The van der Waals surface area contributed by atoms with Gasteiger partial charge in [-0.3, -0.25) is 4.99 Å². The predicted octanol–water partition coefficient (Wildman–Crippen LogP) is 0.0409. The Morgan fingerprint density at radius 3 is 2.64 bits per heavy atom. The van der Waals surface area contributed by atoms with E-state index in [1.54, 1.807) is 7.05 Å². The maximum Gasteiger partial charge on any atom is 0.417 e. The molecule has 0 unspecified atom stereocenters. The first kappa shape index (κ1) is 17.7. The summed E-state index contributed by atoms with van der Waals surface area (Å²) in [5.74, 6) is 0. The molecule has 6 atom stereocenters. The Balaban J connectivity index is 2.17. The van der Waals surface area contributed by atoms with E-state index in [4.69, 9.17) is 4.74 Å². The number of nitrogens with one attached hydrogen (secondary N) is 1. The molecule has 6 nitrogen and oxygen atoms in total. The normalized spacial score (nSPS) is 36.7. The Morgan fingerprint density at radius 2 is 2.09 bits per heavy atom. The van der Waals surface area contributed by atoms with Gasteiger partial charge in [0.25, 0.3) is 0 Å². The maximum absolute atomic E-state index is 13.0. The van der Waals surface area contributed by atoms with Crippen LogP contribution in [-0.4, -0.2) is 77.8 Å². The largest absolute Gasteiger partial charge is 0.417 e. The minimum absolute atomic E-state index is 0.384. The van der Waals surface area contributed by atoms with Gasteiger partial charge in [-0.15, -0.1) is 0 Å². The van der Waals surface area contributed by atoms with Crippen LogP contribution in [0.5, 0.6) is 0 Å². The number of hydrogen-bond acceptors (Lipinski definition) is 7. The smallest absolute Gasteiger partial charge is 0.388 e. The van der Waals surface area contributed by atoms with Gasteiger partial charge in [0.1, 0.15) is 36.5 Å². The van der Waals surface area contributed by atoms with Gasteiger partial charge >= 0.3 is 6.18 Å². The predicted molar refractivity (Wildman–Crippen MR) is 70.3 cm³/mol. The molecule has 0 aliphatic carbocycles. The number of amidine groups is 1. The highest BCUT2D eigenvalue weighted by Gasteiger charge is 2.57. The summed E-state index contributed by atoms with van der Waals surface area (Å²) in [5, 5.41) is 23.0. The zero-order valence-electron chi connectivity index (χ0n) is 11.5. The van der Waals surface area contributed by atoms with Crippen LogP contribution >= 0.6 is 11.8 Å². The highest BCUT2D eigenvalue weighted by Crippen LogP contribution is 2.39. The molecule has 0 aromatic heterocycles. The van der Waals surface area contributed by atoms with E-state index in [1.165, 1.54) is 0 Å². The van der Waals surface area contributed by atoms with Crippen LogP contribution in [0.2, 0.25) is 0 Å². The SMILES string of the molecule is CNC1=N[C@@H]2[C@@H](O)[C@H](O)[C@@H]([C@@H](OCCF)C(F)(F)F)O[C@@H]2S1. The van der Waals surface area contributed by atoms with Gasteiger partial charge < -0.3 is 25.0 Å². The van der Waals surface area contributed by atoms with Crippen molar-refractivity contribution in [2.75, 3.05) is 20.3 Å². The van der Waals surface area contributed by atoms with E-state index in [9.17, 15) is 27.8 Å². The lowest BCUT2D eigenvalue weighted by Gasteiger charge is -2.41. The van der Waals surface area contributed by atoms with E-state index in [-0.39, 0.29) is 0 Å². The van der Waals surface area contributed by atoms with E-state index >= 15 is 0 Å². The van der Waals surface area contributed by atoms with Crippen LogP contribution in [0.25, 0.3) is 0 Å². The molecule has 0 bridgehead atoms. The van der Waals surface area contributed by atoms with Crippen LogP contribution in [0.1, 0.15) is 0 Å². The van der Waals surface area contributed by atoms with Crippen molar-refractivity contribution in [2.45, 2.75) is 42.1 Å². The van der Waals surface area contributed by atoms with E-state index in [2.05, 4.69) is 15.0 Å². The van der Waals surface area contributed by atoms with Crippen molar-refractivity contribution in [1.29, 1.82) is 0 Å². The second-order valence-electron chi connectivity index (χ2n) is 4.76. The summed E-state index contributed by atoms with van der Waals surface area (Å²) in [6.07, 6.45) is -12.7. The minimum Gasteiger partial charge on any atom is -0.388 e. The number of halogens is 4. The first-order chi connectivity index (χ1) is 10.3. The van der Waals surface area contributed by atoms with Crippen LogP contribution in [-0.2, 0) is 9.47 Å². The molecule has 2 aliphatic heterocycles. The summed E-state index contributed by atoms with van der Waals surface area (Å²) in [4.78, 5) is 4.03. The monoisotopic (exact) mass is 348 g/mol. The fourth-order valence-corrected chi connectivity index (χ4v) is 3.37. The van der Waals surface area contributed by atoms with Crippen molar-refractivity contribution in [3.63, 3.8) is 0 Å². The fraction of sp³-hybridized carbons (Fsp3) is 0.909. The van der Waals surface area contributed by atoms with Crippen LogP contribution in [0.15, 0.2) is 4.99 Å². The molecule has 22 heavy (non-hydrogen) atoms. The molecule has 3 N–H and O–H groups in total. The van der Waals surface area contributed by atoms with E-state index in [1.807, 2.05) is 0 Å². The molecule has 2 rings (SSSR count). The molecule has 1 fully saturated rings. The number of fused-ring (bicyclic) bond motifs is 1. The number of thioether (sulfide) groups is 1. The highest BCUT2D eigenvalue weighted by molar-refractivity contribution is 8.14. The van der Waals surface area contributed by atoms with Gasteiger partial charge in [-0.25, -0.2) is 4.39 Å². The first-order valence-electron chi connectivity index (χ1n) is 6.47. The fourth-order valence-electron chi connectivity index (χ4n) is 2.30. The zero-order chi connectivity index (χ0) is 16.5. The molecule has 2 aliphatic rings. The van der Waals surface area contributed by atoms with Gasteiger partial charge in [0.15, 0.2) is 11.3 Å². The lowest BCUT2D eigenvalue weighted by molar-refractivity contribution is -0.284. The summed E-state index contributed by atoms with van der Waals surface area (Å²) >= 11 is 1.00. The third-order valence-corrected chi connectivity index (χ3v) is 4.47. The molecule has 11 heteroatoms. The van der Waals surface area contributed by atoms with Gasteiger partial charge in [-0.2, -0.15) is 13.2 Å². The molecular weight excluding hydrogens is 332 g/mol. The molecule has 128 valence electrons. The number of rotatable bonds is 4. The molecule has 0 amide bonds. The lowest BCUT2D eigenvalue weighted by Crippen LogP contribution is -2.61. The summed E-state index contributed by atoms with van der Waals surface area (Å²) in [6.45, 7) is -1.89. The van der Waals surface area contributed by atoms with Gasteiger partial charge in [0.05, 0.1) is 6.61 Å². The molecular formula is C11H16F4N2O4S. The summed E-state index contributed by atoms with van der Waals surface area (Å²) in [7, 11) is 1.56. The Labute approximate surface area is 127 Å². The van der Waals surface area contributed by atoms with Crippen LogP contribution in [0.3, 0.4) is 0 Å². The Morgan fingerprint density at radius 1 is 1.41 bits per heavy atom. The summed E-state index contributed by atoms with van der Waals surface area (Å²) in [5.41, 5.74) is -0.885. The van der Waals surface area contributed by atoms with Crippen molar-refractivity contribution in [1.82, 2.24) is 5.32 Å². The Bertz CT molecular complexity index is 425. The van der Waals surface area contributed by atoms with Crippen molar-refractivity contribution in [3.05, 3.63) is 0 Å². The number of ether oxygens (including phenoxy) is 2. The Hall–Kier alpha value is -0.620. The number of alkyl halides is 4. The molecule has 0 aromatic carbocycles. The van der Waals surface area contributed by atoms with E-state index in [0.29, 0.717) is 5.17 Å². The maximum atomic E-state index is 13.0. The molecule has 1 saturated heterocycles. The van der Waals surface area contributed by atoms with E-state index in [0.717, 1.165) is 11.8 Å². The van der Waals surface area contributed by atoms with Gasteiger partial charge in [0, 0.05) is 7.05 Å². The van der Waals surface area contributed by atoms with Gasteiger partial charge in [0.2, 0.25) is 0 Å². The standard InChI is InChI=1S/C11H16F4N2O4S/c1-16-10-17-4-5(18)6(19)7(21-9(4)22-10)8(11(13,14)15)20-3-2-12/h4-9,18-19H,2-3H2,1H3,(H,16,17)/t4-,5-,6+,7+,8-,9-/m1/s1. The molecule has 0 saturated carbocycles. The van der Waals surface area contributed by atoms with Crippen LogP contribution in [0.4, 0.5) is 17.6 Å². The topological polar surface area (TPSA) is 83.3 Å². The number of nitrogens with zero attached hydrogens (tertiary/aromatic N) is 1. The average molecular weight is 348 g/mol. The third kappa shape index (κ3) is 3.48. The number of aliphatic hydroxyl groups excluding tert-OH is 2. The third-order valence-electron chi connectivity index (χ3n) is 3.31. The molecule has 2 heterocycles. The van der Waals surface area contributed by atoms with Crippen molar-refractivity contribution in [2.24, 2.45) is 4.99 Å². The highest BCUT2D eigenvalue weighted by atomic mass is 32.2. The van der Waals surface area contributed by atoms with E-state index < -0.39 is 55.4 Å². The van der Waals surface area contributed by atoms with Gasteiger partial charge in [-0.1, -0.05) is 11.8 Å². The molecule has 0 spiro atoms. The van der Waals surface area contributed by atoms with Crippen LogP contribution in [0, 0.1) is 0 Å². The number of aliphatic imine (C=N–C) groups is 1. The zero-order valence-corrected chi connectivity index (χ0v) is 12.3. The van der Waals surface area contributed by atoms with Crippen molar-refractivity contribution < 1.29 is 37.2 Å². The quantitative estimate of drug-likeness (QED) is 0.623. The Kier molecular flexibility index (Phi) is 5.54. The molecule has 0 radical (unpaired) electrons.